The minimum absolute atomic E-state index is 0.227. The molecule has 0 radical (unpaired) electrons. The molecular weight excluding hydrogens is 256 g/mol. The smallest absolute Gasteiger partial charge is 0.226 e. The lowest BCUT2D eigenvalue weighted by Crippen LogP contribution is -2.31. The maximum atomic E-state index is 12.3. The summed E-state index contributed by atoms with van der Waals surface area (Å²) in [7, 11) is 0. The van der Waals surface area contributed by atoms with Gasteiger partial charge in [0.15, 0.2) is 0 Å². The van der Waals surface area contributed by atoms with Gasteiger partial charge in [-0.1, -0.05) is 12.1 Å². The van der Waals surface area contributed by atoms with E-state index in [1.54, 1.807) is 11.3 Å². The van der Waals surface area contributed by atoms with E-state index in [1.807, 2.05) is 12.1 Å². The lowest BCUT2D eigenvalue weighted by Gasteiger charge is -2.22. The minimum Gasteiger partial charge on any atom is -0.333 e. The Bertz CT molecular complexity index is 599. The van der Waals surface area contributed by atoms with E-state index in [-0.39, 0.29) is 6.04 Å². The zero-order valence-corrected chi connectivity index (χ0v) is 11.5. The highest BCUT2D eigenvalue weighted by Gasteiger charge is 2.39. The SMILES string of the molecule is O=C(C1CC1)N1CCC[C@@H]1c1nc2ccccc2s1. The van der Waals surface area contributed by atoms with E-state index in [0.29, 0.717) is 11.8 Å². The van der Waals surface area contributed by atoms with Crippen LogP contribution in [0.5, 0.6) is 0 Å². The maximum absolute atomic E-state index is 12.3. The van der Waals surface area contributed by atoms with Gasteiger partial charge in [0.05, 0.1) is 16.3 Å². The van der Waals surface area contributed by atoms with Crippen LogP contribution in [0.2, 0.25) is 0 Å². The average Bonchev–Trinajstić information content (AvgIpc) is 3.02. The van der Waals surface area contributed by atoms with Gasteiger partial charge in [-0.15, -0.1) is 11.3 Å². The predicted molar refractivity (Wildman–Crippen MR) is 76.0 cm³/mol. The number of amides is 1. The monoisotopic (exact) mass is 272 g/mol. The highest BCUT2D eigenvalue weighted by atomic mass is 32.1. The molecule has 0 bridgehead atoms. The molecule has 1 amide bonds. The van der Waals surface area contributed by atoms with Gasteiger partial charge in [-0.3, -0.25) is 4.79 Å². The predicted octanol–water partition coefficient (Wildman–Crippen LogP) is 3.37. The number of hydrogen-bond acceptors (Lipinski definition) is 3. The summed E-state index contributed by atoms with van der Waals surface area (Å²) in [6.07, 6.45) is 4.35. The van der Waals surface area contributed by atoms with Gasteiger partial charge < -0.3 is 4.90 Å². The summed E-state index contributed by atoms with van der Waals surface area (Å²) in [6.45, 7) is 0.913. The first-order valence-corrected chi connectivity index (χ1v) is 7.80. The first kappa shape index (κ1) is 11.4. The van der Waals surface area contributed by atoms with Crippen molar-refractivity contribution < 1.29 is 4.79 Å². The molecule has 2 fully saturated rings. The van der Waals surface area contributed by atoms with Crippen LogP contribution in [-0.2, 0) is 4.79 Å². The molecule has 4 heteroatoms. The quantitative estimate of drug-likeness (QED) is 0.839. The Kier molecular flexibility index (Phi) is 2.58. The molecule has 2 aliphatic rings. The molecule has 0 spiro atoms. The van der Waals surface area contributed by atoms with Crippen LogP contribution >= 0.6 is 11.3 Å². The van der Waals surface area contributed by atoms with E-state index in [4.69, 9.17) is 4.98 Å². The van der Waals surface area contributed by atoms with E-state index >= 15 is 0 Å². The van der Waals surface area contributed by atoms with Crippen LogP contribution in [-0.4, -0.2) is 22.3 Å². The third-order valence-electron chi connectivity index (χ3n) is 4.06. The fraction of sp³-hybridized carbons (Fsp3) is 0.467. The molecule has 0 N–H and O–H groups in total. The van der Waals surface area contributed by atoms with Gasteiger partial charge in [-0.25, -0.2) is 4.98 Å². The van der Waals surface area contributed by atoms with Crippen molar-refractivity contribution in [2.24, 2.45) is 5.92 Å². The van der Waals surface area contributed by atoms with Crippen LogP contribution in [0, 0.1) is 5.92 Å². The lowest BCUT2D eigenvalue weighted by molar-refractivity contribution is -0.133. The summed E-state index contributed by atoms with van der Waals surface area (Å²) >= 11 is 1.74. The third-order valence-corrected chi connectivity index (χ3v) is 5.20. The average molecular weight is 272 g/mol. The van der Waals surface area contributed by atoms with Gasteiger partial charge in [-0.2, -0.15) is 0 Å². The molecule has 19 heavy (non-hydrogen) atoms. The number of carbonyl (C=O) groups excluding carboxylic acids is 1. The van der Waals surface area contributed by atoms with Crippen LogP contribution in [0.3, 0.4) is 0 Å². The number of likely N-dealkylation sites (tertiary alicyclic amines) is 1. The topological polar surface area (TPSA) is 33.2 Å². The normalized spacial score (nSPS) is 23.2. The molecule has 0 unspecified atom stereocenters. The number of nitrogens with zero attached hydrogens (tertiary/aromatic N) is 2. The van der Waals surface area contributed by atoms with E-state index in [9.17, 15) is 4.79 Å². The summed E-state index contributed by atoms with van der Waals surface area (Å²) in [5, 5.41) is 1.12. The van der Waals surface area contributed by atoms with Gasteiger partial charge in [0.2, 0.25) is 5.91 Å². The van der Waals surface area contributed by atoms with E-state index in [2.05, 4.69) is 17.0 Å². The van der Waals surface area contributed by atoms with Crippen LogP contribution in [0.25, 0.3) is 10.2 Å². The molecule has 1 aliphatic carbocycles. The van der Waals surface area contributed by atoms with Crippen molar-refractivity contribution in [3.8, 4) is 0 Å². The van der Waals surface area contributed by atoms with Crippen molar-refractivity contribution in [3.05, 3.63) is 29.3 Å². The number of hydrogen-bond donors (Lipinski definition) is 0. The van der Waals surface area contributed by atoms with Crippen LogP contribution < -0.4 is 0 Å². The first-order valence-electron chi connectivity index (χ1n) is 6.99. The molecule has 2 heterocycles. The fourth-order valence-electron chi connectivity index (χ4n) is 2.88. The van der Waals surface area contributed by atoms with Crippen molar-refractivity contribution >= 4 is 27.5 Å². The highest BCUT2D eigenvalue weighted by molar-refractivity contribution is 7.18. The number of benzene rings is 1. The zero-order valence-electron chi connectivity index (χ0n) is 10.7. The highest BCUT2D eigenvalue weighted by Crippen LogP contribution is 2.40. The third kappa shape index (κ3) is 1.94. The van der Waals surface area contributed by atoms with Gasteiger partial charge >= 0.3 is 0 Å². The van der Waals surface area contributed by atoms with Gasteiger partial charge in [0.1, 0.15) is 5.01 Å². The van der Waals surface area contributed by atoms with E-state index in [0.717, 1.165) is 42.8 Å². The van der Waals surface area contributed by atoms with Crippen LogP contribution in [0.1, 0.15) is 36.7 Å². The first-order chi connectivity index (χ1) is 9.33. The van der Waals surface area contributed by atoms with Gasteiger partial charge in [-0.05, 0) is 37.8 Å². The largest absolute Gasteiger partial charge is 0.333 e. The molecule has 1 aromatic carbocycles. The summed E-state index contributed by atoms with van der Waals surface area (Å²) in [5.41, 5.74) is 1.06. The molecule has 2 aromatic rings. The Balaban J connectivity index is 1.67. The van der Waals surface area contributed by atoms with Crippen LogP contribution in [0.15, 0.2) is 24.3 Å². The second-order valence-electron chi connectivity index (χ2n) is 5.48. The molecule has 1 aliphatic heterocycles. The Morgan fingerprint density at radius 2 is 2.11 bits per heavy atom. The zero-order chi connectivity index (χ0) is 12.8. The van der Waals surface area contributed by atoms with Crippen molar-refractivity contribution in [1.82, 2.24) is 9.88 Å². The number of rotatable bonds is 2. The number of para-hydroxylation sites is 1. The van der Waals surface area contributed by atoms with E-state index in [1.165, 1.54) is 4.70 Å². The second-order valence-corrected chi connectivity index (χ2v) is 6.55. The lowest BCUT2D eigenvalue weighted by atomic mass is 10.2. The molecule has 4 rings (SSSR count). The molecule has 1 saturated heterocycles. The molecule has 3 nitrogen and oxygen atoms in total. The Morgan fingerprint density at radius 1 is 1.26 bits per heavy atom. The Morgan fingerprint density at radius 3 is 2.89 bits per heavy atom. The number of thiazole rings is 1. The van der Waals surface area contributed by atoms with Crippen molar-refractivity contribution in [1.29, 1.82) is 0 Å². The summed E-state index contributed by atoms with van der Waals surface area (Å²) in [5.74, 6) is 0.678. The maximum Gasteiger partial charge on any atom is 0.226 e. The summed E-state index contributed by atoms with van der Waals surface area (Å²) in [6, 6.07) is 8.46. The molecule has 98 valence electrons. The standard InChI is InChI=1S/C15H16N2OS/c18-15(10-7-8-10)17-9-3-5-12(17)14-16-11-4-1-2-6-13(11)19-14/h1-2,4,6,10,12H,3,5,7-9H2/t12-/m1/s1. The molecule has 1 saturated carbocycles. The molecule has 1 atom stereocenters. The van der Waals surface area contributed by atoms with Crippen molar-refractivity contribution in [2.75, 3.05) is 6.54 Å². The van der Waals surface area contributed by atoms with Crippen LogP contribution in [0.4, 0.5) is 0 Å². The molecular formula is C15H16N2OS. The van der Waals surface area contributed by atoms with Gasteiger partial charge in [0.25, 0.3) is 0 Å². The van der Waals surface area contributed by atoms with Crippen molar-refractivity contribution in [3.63, 3.8) is 0 Å². The van der Waals surface area contributed by atoms with Gasteiger partial charge in [0, 0.05) is 12.5 Å². The Hall–Kier alpha value is -1.42. The fourth-order valence-corrected chi connectivity index (χ4v) is 4.00. The Labute approximate surface area is 116 Å². The summed E-state index contributed by atoms with van der Waals surface area (Å²) < 4.78 is 1.23. The number of aromatic nitrogens is 1. The second kappa shape index (κ2) is 4.30. The summed E-state index contributed by atoms with van der Waals surface area (Å²) in [4.78, 5) is 19.1. The number of fused-ring (bicyclic) bond motifs is 1. The minimum atomic E-state index is 0.227. The number of carbonyl (C=O) groups is 1. The van der Waals surface area contributed by atoms with Crippen molar-refractivity contribution in [2.45, 2.75) is 31.7 Å². The molecule has 1 aromatic heterocycles. The van der Waals surface area contributed by atoms with E-state index < -0.39 is 0 Å².